The lowest BCUT2D eigenvalue weighted by molar-refractivity contribution is 0.309. The standard InChI is InChI=1S/C12H22N2S/c1-8(13)6-12(4,5)7-11-14-9(2)10(3)15-11/h8H,6-7,13H2,1-5H3. The average Bonchev–Trinajstić information content (AvgIpc) is 2.25. The highest BCUT2D eigenvalue weighted by molar-refractivity contribution is 7.11. The quantitative estimate of drug-likeness (QED) is 0.857. The number of nitrogens with two attached hydrogens (primary N) is 1. The Hall–Kier alpha value is -0.410. The number of aromatic nitrogens is 1. The largest absolute Gasteiger partial charge is 0.328 e. The fourth-order valence-corrected chi connectivity index (χ4v) is 3.16. The van der Waals surface area contributed by atoms with Crippen molar-refractivity contribution in [2.24, 2.45) is 11.1 Å². The van der Waals surface area contributed by atoms with Gasteiger partial charge in [-0.2, -0.15) is 0 Å². The zero-order valence-corrected chi connectivity index (χ0v) is 11.2. The smallest absolute Gasteiger partial charge is 0.0936 e. The molecule has 3 heteroatoms. The molecule has 1 heterocycles. The van der Waals surface area contributed by atoms with E-state index in [4.69, 9.17) is 5.73 Å². The molecule has 0 aliphatic carbocycles. The molecule has 0 saturated carbocycles. The van der Waals surface area contributed by atoms with Gasteiger partial charge in [0.2, 0.25) is 0 Å². The van der Waals surface area contributed by atoms with Crippen LogP contribution in [0.25, 0.3) is 0 Å². The second-order valence-corrected chi connectivity index (χ2v) is 6.56. The summed E-state index contributed by atoms with van der Waals surface area (Å²) in [6.45, 7) is 10.8. The van der Waals surface area contributed by atoms with Crippen molar-refractivity contribution in [3.63, 3.8) is 0 Å². The summed E-state index contributed by atoms with van der Waals surface area (Å²) in [6.07, 6.45) is 2.08. The monoisotopic (exact) mass is 226 g/mol. The summed E-state index contributed by atoms with van der Waals surface area (Å²) in [5, 5.41) is 1.25. The van der Waals surface area contributed by atoms with Gasteiger partial charge in [-0.1, -0.05) is 13.8 Å². The van der Waals surface area contributed by atoms with Gasteiger partial charge in [0.05, 0.1) is 10.7 Å². The van der Waals surface area contributed by atoms with Crippen molar-refractivity contribution >= 4 is 11.3 Å². The third-order valence-electron chi connectivity index (χ3n) is 2.58. The molecule has 0 spiro atoms. The molecule has 15 heavy (non-hydrogen) atoms. The van der Waals surface area contributed by atoms with E-state index in [0.717, 1.165) is 12.8 Å². The molecule has 86 valence electrons. The average molecular weight is 226 g/mol. The number of nitrogens with zero attached hydrogens (tertiary/aromatic N) is 1. The Morgan fingerprint density at radius 2 is 2.00 bits per heavy atom. The second-order valence-electron chi connectivity index (χ2n) is 5.27. The van der Waals surface area contributed by atoms with Crippen LogP contribution < -0.4 is 5.73 Å². The molecule has 0 radical (unpaired) electrons. The Balaban J connectivity index is 2.68. The maximum Gasteiger partial charge on any atom is 0.0936 e. The highest BCUT2D eigenvalue weighted by Crippen LogP contribution is 2.29. The Labute approximate surface area is 96.9 Å². The second kappa shape index (κ2) is 4.62. The van der Waals surface area contributed by atoms with Gasteiger partial charge >= 0.3 is 0 Å². The van der Waals surface area contributed by atoms with Crippen LogP contribution in [0, 0.1) is 19.3 Å². The van der Waals surface area contributed by atoms with E-state index >= 15 is 0 Å². The molecule has 0 fully saturated rings. The van der Waals surface area contributed by atoms with Gasteiger partial charge in [0.15, 0.2) is 0 Å². The summed E-state index contributed by atoms with van der Waals surface area (Å²) >= 11 is 1.82. The number of thiazole rings is 1. The minimum atomic E-state index is 0.255. The Morgan fingerprint density at radius 3 is 2.40 bits per heavy atom. The zero-order chi connectivity index (χ0) is 11.6. The molecule has 0 aliphatic heterocycles. The maximum absolute atomic E-state index is 5.85. The van der Waals surface area contributed by atoms with Gasteiger partial charge in [-0.3, -0.25) is 0 Å². The van der Waals surface area contributed by atoms with Crippen LogP contribution in [-0.4, -0.2) is 11.0 Å². The summed E-state index contributed by atoms with van der Waals surface area (Å²) in [5.41, 5.74) is 7.28. The predicted molar refractivity (Wildman–Crippen MR) is 67.3 cm³/mol. The van der Waals surface area contributed by atoms with Crippen LogP contribution in [0.15, 0.2) is 0 Å². The third-order valence-corrected chi connectivity index (χ3v) is 3.65. The minimum absolute atomic E-state index is 0.255. The predicted octanol–water partition coefficient (Wildman–Crippen LogP) is 3.07. The molecule has 0 aliphatic rings. The van der Waals surface area contributed by atoms with E-state index in [9.17, 15) is 0 Å². The first-order valence-electron chi connectivity index (χ1n) is 5.49. The van der Waals surface area contributed by atoms with Gasteiger partial charge in [-0.15, -0.1) is 11.3 Å². The number of hydrogen-bond donors (Lipinski definition) is 1. The molecule has 0 bridgehead atoms. The molecular formula is C12H22N2S. The molecule has 0 amide bonds. The van der Waals surface area contributed by atoms with Gasteiger partial charge in [-0.25, -0.2) is 4.98 Å². The van der Waals surface area contributed by atoms with Crippen LogP contribution in [0.1, 0.15) is 42.8 Å². The first kappa shape index (κ1) is 12.7. The van der Waals surface area contributed by atoms with Crippen LogP contribution >= 0.6 is 11.3 Å². The summed E-state index contributed by atoms with van der Waals surface area (Å²) in [5.74, 6) is 0. The van der Waals surface area contributed by atoms with E-state index in [-0.39, 0.29) is 11.5 Å². The minimum Gasteiger partial charge on any atom is -0.328 e. The zero-order valence-electron chi connectivity index (χ0n) is 10.4. The SMILES string of the molecule is Cc1nc(CC(C)(C)CC(C)N)sc1C. The Bertz CT molecular complexity index is 307. The molecule has 2 N–H and O–H groups in total. The van der Waals surface area contributed by atoms with Gasteiger partial charge in [-0.05, 0) is 32.6 Å². The van der Waals surface area contributed by atoms with E-state index in [1.54, 1.807) is 0 Å². The van der Waals surface area contributed by atoms with E-state index in [1.165, 1.54) is 15.6 Å². The molecular weight excluding hydrogens is 204 g/mol. The summed E-state index contributed by atoms with van der Waals surface area (Å²) in [7, 11) is 0. The van der Waals surface area contributed by atoms with E-state index in [0.29, 0.717) is 0 Å². The first-order valence-corrected chi connectivity index (χ1v) is 6.30. The maximum atomic E-state index is 5.85. The molecule has 1 unspecified atom stereocenters. The van der Waals surface area contributed by atoms with Crippen LogP contribution in [0.4, 0.5) is 0 Å². The number of hydrogen-bond acceptors (Lipinski definition) is 3. The molecule has 1 atom stereocenters. The summed E-state index contributed by atoms with van der Waals surface area (Å²) < 4.78 is 0. The molecule has 1 rings (SSSR count). The molecule has 0 aromatic carbocycles. The Kier molecular flexibility index (Phi) is 3.90. The molecule has 1 aromatic rings. The summed E-state index contributed by atoms with van der Waals surface area (Å²) in [4.78, 5) is 5.92. The van der Waals surface area contributed by atoms with Crippen LogP contribution in [-0.2, 0) is 6.42 Å². The van der Waals surface area contributed by atoms with Gasteiger partial charge in [0.1, 0.15) is 0 Å². The first-order chi connectivity index (χ1) is 6.80. The fourth-order valence-electron chi connectivity index (χ4n) is 1.97. The fraction of sp³-hybridized carbons (Fsp3) is 0.750. The van der Waals surface area contributed by atoms with Crippen molar-refractivity contribution in [1.29, 1.82) is 0 Å². The molecule has 2 nitrogen and oxygen atoms in total. The highest BCUT2D eigenvalue weighted by Gasteiger charge is 2.22. The van der Waals surface area contributed by atoms with Crippen LogP contribution in [0.3, 0.4) is 0 Å². The van der Waals surface area contributed by atoms with Gasteiger partial charge in [0.25, 0.3) is 0 Å². The van der Waals surface area contributed by atoms with Crippen molar-refractivity contribution in [2.75, 3.05) is 0 Å². The number of rotatable bonds is 4. The van der Waals surface area contributed by atoms with E-state index < -0.39 is 0 Å². The molecule has 1 aromatic heterocycles. The number of aryl methyl sites for hydroxylation is 2. The lowest BCUT2D eigenvalue weighted by Crippen LogP contribution is -2.26. The topological polar surface area (TPSA) is 38.9 Å². The third kappa shape index (κ3) is 3.92. The van der Waals surface area contributed by atoms with Crippen LogP contribution in [0.2, 0.25) is 0 Å². The van der Waals surface area contributed by atoms with Crippen molar-refractivity contribution in [3.8, 4) is 0 Å². The van der Waals surface area contributed by atoms with Gasteiger partial charge < -0.3 is 5.73 Å². The van der Waals surface area contributed by atoms with Gasteiger partial charge in [0, 0.05) is 17.3 Å². The normalized spacial score (nSPS) is 14.3. The molecule has 0 saturated heterocycles. The van der Waals surface area contributed by atoms with Crippen LogP contribution in [0.5, 0.6) is 0 Å². The highest BCUT2D eigenvalue weighted by atomic mass is 32.1. The lowest BCUT2D eigenvalue weighted by atomic mass is 9.83. The van der Waals surface area contributed by atoms with Crippen molar-refractivity contribution < 1.29 is 0 Å². The Morgan fingerprint density at radius 1 is 1.40 bits per heavy atom. The van der Waals surface area contributed by atoms with Crippen molar-refractivity contribution in [3.05, 3.63) is 15.6 Å². The lowest BCUT2D eigenvalue weighted by Gasteiger charge is -2.25. The van der Waals surface area contributed by atoms with Crippen molar-refractivity contribution in [2.45, 2.75) is 53.5 Å². The summed E-state index contributed by atoms with van der Waals surface area (Å²) in [6, 6.07) is 0.266. The van der Waals surface area contributed by atoms with E-state index in [1.807, 2.05) is 11.3 Å². The van der Waals surface area contributed by atoms with Crippen molar-refractivity contribution in [1.82, 2.24) is 4.98 Å². The van der Waals surface area contributed by atoms with E-state index in [2.05, 4.69) is 39.6 Å².